The summed E-state index contributed by atoms with van der Waals surface area (Å²) in [6.45, 7) is 9.13. The lowest BCUT2D eigenvalue weighted by Gasteiger charge is -2.26. The standard InChI is InChI=1S/C21H27N3O4/c1-12(2)16(20(26)27-21(3,4)5)22-18(25)15-8-6-7-14(11-15)17-23-19(28-24-17)13-9-10-13/h6-8,11-13,16H,9-10H2,1-5H3,(H,22,25)/t16-/m0/s1. The fraction of sp³-hybridized carbons (Fsp3) is 0.524. The monoisotopic (exact) mass is 385 g/mol. The summed E-state index contributed by atoms with van der Waals surface area (Å²) < 4.78 is 10.7. The average Bonchev–Trinajstić information content (AvgIpc) is 3.34. The highest BCUT2D eigenvalue weighted by molar-refractivity contribution is 5.97. The zero-order chi connectivity index (χ0) is 20.5. The normalized spacial score (nSPS) is 15.4. The lowest BCUT2D eigenvalue weighted by atomic mass is 10.0. The first-order valence-corrected chi connectivity index (χ1v) is 9.62. The first-order valence-electron chi connectivity index (χ1n) is 9.62. The van der Waals surface area contributed by atoms with Crippen LogP contribution in [0.15, 0.2) is 28.8 Å². The van der Waals surface area contributed by atoms with E-state index in [9.17, 15) is 9.59 Å². The molecule has 1 N–H and O–H groups in total. The molecule has 2 aromatic rings. The fourth-order valence-corrected chi connectivity index (χ4v) is 2.74. The van der Waals surface area contributed by atoms with Gasteiger partial charge in [0.2, 0.25) is 11.7 Å². The van der Waals surface area contributed by atoms with Gasteiger partial charge in [-0.2, -0.15) is 4.98 Å². The minimum Gasteiger partial charge on any atom is -0.458 e. The van der Waals surface area contributed by atoms with Gasteiger partial charge < -0.3 is 14.6 Å². The number of nitrogens with one attached hydrogen (secondary N) is 1. The van der Waals surface area contributed by atoms with Gasteiger partial charge in [0, 0.05) is 17.0 Å². The third kappa shape index (κ3) is 4.97. The predicted octanol–water partition coefficient (Wildman–Crippen LogP) is 3.71. The molecule has 7 nitrogen and oxygen atoms in total. The highest BCUT2D eigenvalue weighted by atomic mass is 16.6. The Morgan fingerprint density at radius 1 is 1.25 bits per heavy atom. The number of ether oxygens (including phenoxy) is 1. The van der Waals surface area contributed by atoms with Crippen LogP contribution in [0.2, 0.25) is 0 Å². The summed E-state index contributed by atoms with van der Waals surface area (Å²) in [5, 5.41) is 6.80. The summed E-state index contributed by atoms with van der Waals surface area (Å²) >= 11 is 0. The number of carbonyl (C=O) groups is 2. The number of aromatic nitrogens is 2. The zero-order valence-electron chi connectivity index (χ0n) is 17.0. The second-order valence-corrected chi connectivity index (χ2v) is 8.54. The smallest absolute Gasteiger partial charge is 0.329 e. The van der Waals surface area contributed by atoms with Gasteiger partial charge in [-0.05, 0) is 51.7 Å². The highest BCUT2D eigenvalue weighted by Gasteiger charge is 2.31. The molecule has 28 heavy (non-hydrogen) atoms. The molecular formula is C21H27N3O4. The van der Waals surface area contributed by atoms with Crippen LogP contribution in [0, 0.1) is 5.92 Å². The van der Waals surface area contributed by atoms with E-state index in [1.807, 2.05) is 19.9 Å². The predicted molar refractivity (Wildman–Crippen MR) is 104 cm³/mol. The van der Waals surface area contributed by atoms with E-state index in [2.05, 4.69) is 15.5 Å². The summed E-state index contributed by atoms with van der Waals surface area (Å²) in [4.78, 5) is 29.6. The number of hydrogen-bond acceptors (Lipinski definition) is 6. The Labute approximate surface area is 164 Å². The maximum absolute atomic E-state index is 12.8. The van der Waals surface area contributed by atoms with Crippen LogP contribution in [0.25, 0.3) is 11.4 Å². The van der Waals surface area contributed by atoms with Gasteiger partial charge in [-0.15, -0.1) is 0 Å². The molecule has 150 valence electrons. The summed E-state index contributed by atoms with van der Waals surface area (Å²) in [7, 11) is 0. The summed E-state index contributed by atoms with van der Waals surface area (Å²) in [5.74, 6) is 0.573. The van der Waals surface area contributed by atoms with Crippen LogP contribution < -0.4 is 5.32 Å². The van der Waals surface area contributed by atoms with Crippen LogP contribution in [0.1, 0.15) is 69.6 Å². The molecule has 0 aliphatic heterocycles. The molecule has 1 fully saturated rings. The minimum atomic E-state index is -0.734. The molecule has 1 aromatic carbocycles. The molecule has 1 aromatic heterocycles. The topological polar surface area (TPSA) is 94.3 Å². The van der Waals surface area contributed by atoms with Gasteiger partial charge in [0.1, 0.15) is 11.6 Å². The SMILES string of the molecule is CC(C)[C@H](NC(=O)c1cccc(-c2noc(C3CC3)n2)c1)C(=O)OC(C)(C)C. The van der Waals surface area contributed by atoms with Crippen molar-refractivity contribution in [2.45, 2.75) is 65.0 Å². The fourth-order valence-electron chi connectivity index (χ4n) is 2.74. The van der Waals surface area contributed by atoms with Crippen LogP contribution in [0.5, 0.6) is 0 Å². The van der Waals surface area contributed by atoms with Gasteiger partial charge >= 0.3 is 5.97 Å². The Morgan fingerprint density at radius 3 is 2.57 bits per heavy atom. The minimum absolute atomic E-state index is 0.111. The molecule has 0 bridgehead atoms. The molecule has 0 saturated heterocycles. The molecule has 1 heterocycles. The maximum atomic E-state index is 12.8. The Morgan fingerprint density at radius 2 is 1.96 bits per heavy atom. The van der Waals surface area contributed by atoms with Crippen molar-refractivity contribution in [2.24, 2.45) is 5.92 Å². The molecule has 1 saturated carbocycles. The number of nitrogens with zero attached hydrogens (tertiary/aromatic N) is 2. The summed E-state index contributed by atoms with van der Waals surface area (Å²) in [6.07, 6.45) is 2.15. The molecule has 0 unspecified atom stereocenters. The number of amides is 1. The van der Waals surface area contributed by atoms with E-state index >= 15 is 0 Å². The van der Waals surface area contributed by atoms with Crippen LogP contribution in [-0.4, -0.2) is 33.7 Å². The van der Waals surface area contributed by atoms with Gasteiger partial charge in [-0.25, -0.2) is 4.79 Å². The van der Waals surface area contributed by atoms with Crippen LogP contribution in [0.4, 0.5) is 0 Å². The van der Waals surface area contributed by atoms with Crippen molar-refractivity contribution in [3.05, 3.63) is 35.7 Å². The maximum Gasteiger partial charge on any atom is 0.329 e. The Hall–Kier alpha value is -2.70. The molecule has 0 radical (unpaired) electrons. The second-order valence-electron chi connectivity index (χ2n) is 8.54. The largest absolute Gasteiger partial charge is 0.458 e. The number of esters is 1. The second kappa shape index (κ2) is 7.73. The first kappa shape index (κ1) is 20.0. The quantitative estimate of drug-likeness (QED) is 0.762. The summed E-state index contributed by atoms with van der Waals surface area (Å²) in [6, 6.07) is 6.24. The third-order valence-corrected chi connectivity index (χ3v) is 4.37. The number of hydrogen-bond donors (Lipinski definition) is 1. The molecule has 3 rings (SSSR count). The lowest BCUT2D eigenvalue weighted by molar-refractivity contribution is -0.158. The first-order chi connectivity index (χ1) is 13.1. The van der Waals surface area contributed by atoms with E-state index < -0.39 is 17.6 Å². The highest BCUT2D eigenvalue weighted by Crippen LogP contribution is 2.39. The Balaban J connectivity index is 1.74. The van der Waals surface area contributed by atoms with Crippen LogP contribution >= 0.6 is 0 Å². The van der Waals surface area contributed by atoms with Crippen molar-refractivity contribution in [3.63, 3.8) is 0 Å². The number of rotatable bonds is 6. The molecular weight excluding hydrogens is 358 g/mol. The molecule has 1 amide bonds. The number of carbonyl (C=O) groups excluding carboxylic acids is 2. The molecule has 7 heteroatoms. The van der Waals surface area contributed by atoms with Crippen molar-refractivity contribution < 1.29 is 18.8 Å². The molecule has 1 atom stereocenters. The van der Waals surface area contributed by atoms with Crippen LogP contribution in [-0.2, 0) is 9.53 Å². The van der Waals surface area contributed by atoms with Crippen molar-refractivity contribution >= 4 is 11.9 Å². The van der Waals surface area contributed by atoms with Gasteiger partial charge in [-0.1, -0.05) is 31.1 Å². The number of benzene rings is 1. The van der Waals surface area contributed by atoms with Gasteiger partial charge in [0.15, 0.2) is 0 Å². The Kier molecular flexibility index (Phi) is 5.54. The van der Waals surface area contributed by atoms with E-state index in [0.29, 0.717) is 28.8 Å². The molecule has 1 aliphatic carbocycles. The van der Waals surface area contributed by atoms with E-state index in [4.69, 9.17) is 9.26 Å². The molecule has 0 spiro atoms. The van der Waals surface area contributed by atoms with E-state index in [1.165, 1.54) is 0 Å². The average molecular weight is 385 g/mol. The van der Waals surface area contributed by atoms with Gasteiger partial charge in [0.25, 0.3) is 5.91 Å². The lowest BCUT2D eigenvalue weighted by Crippen LogP contribution is -2.47. The van der Waals surface area contributed by atoms with Gasteiger partial charge in [0.05, 0.1) is 0 Å². The van der Waals surface area contributed by atoms with E-state index in [1.54, 1.807) is 39.0 Å². The third-order valence-electron chi connectivity index (χ3n) is 4.37. The van der Waals surface area contributed by atoms with E-state index in [0.717, 1.165) is 12.8 Å². The van der Waals surface area contributed by atoms with Crippen molar-refractivity contribution in [1.29, 1.82) is 0 Å². The van der Waals surface area contributed by atoms with Crippen LogP contribution in [0.3, 0.4) is 0 Å². The van der Waals surface area contributed by atoms with Crippen molar-refractivity contribution in [1.82, 2.24) is 15.5 Å². The van der Waals surface area contributed by atoms with Crippen molar-refractivity contribution in [3.8, 4) is 11.4 Å². The van der Waals surface area contributed by atoms with Gasteiger partial charge in [-0.3, -0.25) is 4.79 Å². The summed E-state index contributed by atoms with van der Waals surface area (Å²) in [5.41, 5.74) is 0.499. The zero-order valence-corrected chi connectivity index (χ0v) is 17.0. The molecule has 1 aliphatic rings. The van der Waals surface area contributed by atoms with Crippen molar-refractivity contribution in [2.75, 3.05) is 0 Å². The van der Waals surface area contributed by atoms with E-state index in [-0.39, 0.29) is 11.8 Å². The Bertz CT molecular complexity index is 863.